The van der Waals surface area contributed by atoms with E-state index >= 15 is 0 Å². The van der Waals surface area contributed by atoms with Crippen molar-refractivity contribution in [1.82, 2.24) is 20.2 Å². The van der Waals surface area contributed by atoms with Crippen molar-refractivity contribution in [2.24, 2.45) is 0 Å². The van der Waals surface area contributed by atoms with Crippen molar-refractivity contribution in [1.29, 1.82) is 0 Å². The highest BCUT2D eigenvalue weighted by atomic mass is 32.1. The highest BCUT2D eigenvalue weighted by Crippen LogP contribution is 2.34. The molecule has 1 aliphatic heterocycles. The number of carbonyl (C=O) groups is 1. The zero-order chi connectivity index (χ0) is 24.0. The van der Waals surface area contributed by atoms with Crippen LogP contribution in [0.5, 0.6) is 0 Å². The first-order valence-corrected chi connectivity index (χ1v) is 11.9. The molecule has 180 valence electrons. The van der Waals surface area contributed by atoms with Gasteiger partial charge in [0.15, 0.2) is 5.69 Å². The molecule has 3 heterocycles. The molecule has 10 heteroatoms. The standard InChI is InChI=1S/C24H25F3N4O2S/c25-24(26,27)22-21(34-20(30-22)7-10-31-11-13-33-14-12-31)23(32)29-9-6-17-3-1-4-18(15-17)19-5-2-8-28-16-19/h1-5,8,15-16H,6-7,9-14H2,(H,29,32). The second-order valence-electron chi connectivity index (χ2n) is 7.94. The first kappa shape index (κ1) is 24.3. The van der Waals surface area contributed by atoms with Crippen LogP contribution in [-0.2, 0) is 23.8 Å². The van der Waals surface area contributed by atoms with E-state index in [1.54, 1.807) is 12.4 Å². The smallest absolute Gasteiger partial charge is 0.379 e. The predicted molar refractivity (Wildman–Crippen MR) is 124 cm³/mol. The SMILES string of the molecule is O=C(NCCc1cccc(-c2cccnc2)c1)c1sc(CCN2CCOCC2)nc1C(F)(F)F. The van der Waals surface area contributed by atoms with Crippen LogP contribution in [0.1, 0.15) is 25.9 Å². The van der Waals surface area contributed by atoms with Crippen LogP contribution in [0.25, 0.3) is 11.1 Å². The van der Waals surface area contributed by atoms with E-state index in [1.807, 2.05) is 36.4 Å². The Morgan fingerprint density at radius 2 is 1.91 bits per heavy atom. The molecule has 1 saturated heterocycles. The summed E-state index contributed by atoms with van der Waals surface area (Å²) >= 11 is 0.821. The molecule has 1 N–H and O–H groups in total. The summed E-state index contributed by atoms with van der Waals surface area (Å²) in [6, 6.07) is 11.6. The molecule has 4 rings (SSSR count). The molecule has 2 aromatic heterocycles. The summed E-state index contributed by atoms with van der Waals surface area (Å²) in [7, 11) is 0. The summed E-state index contributed by atoms with van der Waals surface area (Å²) in [5.41, 5.74) is 1.82. The Balaban J connectivity index is 1.38. The Hall–Kier alpha value is -2.82. The van der Waals surface area contributed by atoms with Crippen molar-refractivity contribution in [3.05, 3.63) is 69.9 Å². The van der Waals surface area contributed by atoms with Gasteiger partial charge in [0, 0.05) is 45.0 Å². The Morgan fingerprint density at radius 3 is 2.65 bits per heavy atom. The van der Waals surface area contributed by atoms with E-state index in [0.717, 1.165) is 41.1 Å². The molecule has 0 saturated carbocycles. The summed E-state index contributed by atoms with van der Waals surface area (Å²) in [6.07, 6.45) is -0.365. The van der Waals surface area contributed by atoms with Gasteiger partial charge in [-0.05, 0) is 29.2 Å². The number of ether oxygens (including phenoxy) is 1. The van der Waals surface area contributed by atoms with Gasteiger partial charge < -0.3 is 10.1 Å². The van der Waals surface area contributed by atoms with Crippen molar-refractivity contribution in [2.45, 2.75) is 19.0 Å². The van der Waals surface area contributed by atoms with Gasteiger partial charge in [0.2, 0.25) is 0 Å². The number of benzene rings is 1. The topological polar surface area (TPSA) is 67.4 Å². The molecule has 6 nitrogen and oxygen atoms in total. The summed E-state index contributed by atoms with van der Waals surface area (Å²) in [5, 5.41) is 2.94. The zero-order valence-corrected chi connectivity index (χ0v) is 19.3. The lowest BCUT2D eigenvalue weighted by Crippen LogP contribution is -2.37. The molecule has 1 fully saturated rings. The van der Waals surface area contributed by atoms with E-state index < -0.39 is 17.8 Å². The molecule has 0 radical (unpaired) electrons. The van der Waals surface area contributed by atoms with E-state index in [2.05, 4.69) is 20.2 Å². The number of morpholine rings is 1. The minimum absolute atomic E-state index is 0.216. The van der Waals surface area contributed by atoms with Gasteiger partial charge in [-0.2, -0.15) is 13.2 Å². The molecule has 3 aromatic rings. The largest absolute Gasteiger partial charge is 0.435 e. The molecule has 1 amide bonds. The normalized spacial score (nSPS) is 14.8. The van der Waals surface area contributed by atoms with Crippen LogP contribution in [0.4, 0.5) is 13.2 Å². The number of hydrogen-bond acceptors (Lipinski definition) is 6. The van der Waals surface area contributed by atoms with E-state index in [4.69, 9.17) is 4.74 Å². The number of pyridine rings is 1. The Labute approximate surface area is 199 Å². The number of amides is 1. The zero-order valence-electron chi connectivity index (χ0n) is 18.5. The van der Waals surface area contributed by atoms with Crippen molar-refractivity contribution >= 4 is 17.2 Å². The Bertz CT molecular complexity index is 1100. The van der Waals surface area contributed by atoms with Gasteiger partial charge in [-0.15, -0.1) is 11.3 Å². The number of carbonyl (C=O) groups excluding carboxylic acids is 1. The lowest BCUT2D eigenvalue weighted by molar-refractivity contribution is -0.141. The summed E-state index contributed by atoms with van der Waals surface area (Å²) in [4.78, 5) is 22.3. The Morgan fingerprint density at radius 1 is 1.12 bits per heavy atom. The number of nitrogens with one attached hydrogen (secondary N) is 1. The lowest BCUT2D eigenvalue weighted by atomic mass is 10.0. The van der Waals surface area contributed by atoms with Gasteiger partial charge in [-0.25, -0.2) is 4.98 Å². The van der Waals surface area contributed by atoms with Crippen LogP contribution in [0.2, 0.25) is 0 Å². The second-order valence-corrected chi connectivity index (χ2v) is 9.02. The number of alkyl halides is 3. The first-order valence-electron chi connectivity index (χ1n) is 11.0. The number of hydrogen-bond donors (Lipinski definition) is 1. The fourth-order valence-corrected chi connectivity index (χ4v) is 4.73. The van der Waals surface area contributed by atoms with Crippen LogP contribution in [-0.4, -0.2) is 60.2 Å². The summed E-state index contributed by atoms with van der Waals surface area (Å²) < 4.78 is 45.9. The van der Waals surface area contributed by atoms with Crippen molar-refractivity contribution < 1.29 is 22.7 Å². The quantitative estimate of drug-likeness (QED) is 0.516. The van der Waals surface area contributed by atoms with Crippen molar-refractivity contribution in [3.8, 4) is 11.1 Å². The van der Waals surface area contributed by atoms with E-state index in [-0.39, 0.29) is 11.4 Å². The van der Waals surface area contributed by atoms with Gasteiger partial charge >= 0.3 is 6.18 Å². The van der Waals surface area contributed by atoms with Gasteiger partial charge in [-0.1, -0.05) is 30.3 Å². The third kappa shape index (κ3) is 6.40. The minimum atomic E-state index is -4.68. The number of nitrogens with zero attached hydrogens (tertiary/aromatic N) is 3. The highest BCUT2D eigenvalue weighted by molar-refractivity contribution is 7.13. The predicted octanol–water partition coefficient (Wildman–Crippen LogP) is 4.07. The van der Waals surface area contributed by atoms with E-state index in [0.29, 0.717) is 37.6 Å². The van der Waals surface area contributed by atoms with Crippen LogP contribution >= 0.6 is 11.3 Å². The molecule has 1 aliphatic rings. The monoisotopic (exact) mass is 490 g/mol. The minimum Gasteiger partial charge on any atom is -0.379 e. The third-order valence-electron chi connectivity index (χ3n) is 5.51. The maximum Gasteiger partial charge on any atom is 0.435 e. The number of thiazole rings is 1. The van der Waals surface area contributed by atoms with E-state index in [9.17, 15) is 18.0 Å². The van der Waals surface area contributed by atoms with Gasteiger partial charge in [0.25, 0.3) is 5.91 Å². The fraction of sp³-hybridized carbons (Fsp3) is 0.375. The van der Waals surface area contributed by atoms with Crippen molar-refractivity contribution in [3.63, 3.8) is 0 Å². The third-order valence-corrected chi connectivity index (χ3v) is 6.63. The van der Waals surface area contributed by atoms with Crippen LogP contribution in [0.15, 0.2) is 48.8 Å². The van der Waals surface area contributed by atoms with Crippen LogP contribution < -0.4 is 5.32 Å². The molecule has 0 atom stereocenters. The molecule has 0 aliphatic carbocycles. The maximum absolute atomic E-state index is 13.5. The second kappa shape index (κ2) is 11.1. The summed E-state index contributed by atoms with van der Waals surface area (Å²) in [5.74, 6) is -0.745. The van der Waals surface area contributed by atoms with E-state index in [1.165, 1.54) is 0 Å². The number of aromatic nitrogens is 2. The fourth-order valence-electron chi connectivity index (χ4n) is 3.74. The lowest BCUT2D eigenvalue weighted by Gasteiger charge is -2.25. The van der Waals surface area contributed by atoms with Gasteiger partial charge in [0.1, 0.15) is 4.88 Å². The van der Waals surface area contributed by atoms with Gasteiger partial charge in [-0.3, -0.25) is 14.7 Å². The number of rotatable bonds is 8. The average Bonchev–Trinajstić information content (AvgIpc) is 3.29. The highest BCUT2D eigenvalue weighted by Gasteiger charge is 2.39. The molecule has 0 spiro atoms. The maximum atomic E-state index is 13.5. The molecular formula is C24H25F3N4O2S. The molecular weight excluding hydrogens is 465 g/mol. The molecule has 1 aromatic carbocycles. The average molecular weight is 491 g/mol. The van der Waals surface area contributed by atoms with Crippen LogP contribution in [0.3, 0.4) is 0 Å². The summed E-state index contributed by atoms with van der Waals surface area (Å²) in [6.45, 7) is 3.52. The molecule has 0 bridgehead atoms. The number of halogens is 3. The molecule has 0 unspecified atom stereocenters. The first-order chi connectivity index (χ1) is 16.4. The van der Waals surface area contributed by atoms with Gasteiger partial charge in [0.05, 0.1) is 18.2 Å². The van der Waals surface area contributed by atoms with Crippen molar-refractivity contribution in [2.75, 3.05) is 39.4 Å². The Kier molecular flexibility index (Phi) is 7.91. The molecule has 34 heavy (non-hydrogen) atoms. The van der Waals surface area contributed by atoms with Crippen LogP contribution in [0, 0.1) is 0 Å².